The number of nitrogens with zero attached hydrogens (tertiary/aromatic N) is 1. The van der Waals surface area contributed by atoms with Crippen molar-refractivity contribution in [3.05, 3.63) is 29.3 Å². The van der Waals surface area contributed by atoms with Gasteiger partial charge in [-0.05, 0) is 50.9 Å². The van der Waals surface area contributed by atoms with Gasteiger partial charge in [0.2, 0.25) is 0 Å². The van der Waals surface area contributed by atoms with Crippen LogP contribution in [0.1, 0.15) is 30.9 Å². The van der Waals surface area contributed by atoms with Crippen LogP contribution in [0, 0.1) is 18.3 Å². The normalized spacial score (nSPS) is 24.1. The zero-order valence-electron chi connectivity index (χ0n) is 10.5. The van der Waals surface area contributed by atoms with E-state index in [4.69, 9.17) is 5.26 Å². The highest BCUT2D eigenvalue weighted by Crippen LogP contribution is 2.21. The van der Waals surface area contributed by atoms with Gasteiger partial charge < -0.3 is 10.6 Å². The van der Waals surface area contributed by atoms with Crippen molar-refractivity contribution in [2.24, 2.45) is 0 Å². The van der Waals surface area contributed by atoms with Gasteiger partial charge in [-0.25, -0.2) is 0 Å². The fourth-order valence-electron chi connectivity index (χ4n) is 2.36. The van der Waals surface area contributed by atoms with Gasteiger partial charge in [0.1, 0.15) is 6.07 Å². The number of aryl methyl sites for hydroxylation is 1. The molecule has 2 unspecified atom stereocenters. The molecule has 0 aliphatic carbocycles. The molecule has 1 heterocycles. The molecule has 2 rings (SSSR count). The number of nitrogens with one attached hydrogen (secondary N) is 2. The predicted octanol–water partition coefficient (Wildman–Crippen LogP) is 2.42. The molecule has 0 amide bonds. The Labute approximate surface area is 103 Å². The van der Waals surface area contributed by atoms with Gasteiger partial charge in [-0.1, -0.05) is 6.07 Å². The maximum atomic E-state index is 9.09. The van der Waals surface area contributed by atoms with E-state index in [0.717, 1.165) is 30.6 Å². The Morgan fingerprint density at radius 3 is 3.00 bits per heavy atom. The molecule has 90 valence electrons. The molecule has 0 spiro atoms. The summed E-state index contributed by atoms with van der Waals surface area (Å²) in [5.74, 6) is 0. The van der Waals surface area contributed by atoms with Crippen molar-refractivity contribution in [1.29, 1.82) is 5.26 Å². The van der Waals surface area contributed by atoms with E-state index in [-0.39, 0.29) is 0 Å². The van der Waals surface area contributed by atoms with Crippen LogP contribution in [0.25, 0.3) is 0 Å². The molecule has 1 aliphatic rings. The van der Waals surface area contributed by atoms with Crippen LogP contribution in [0.4, 0.5) is 5.69 Å². The molecule has 0 bridgehead atoms. The van der Waals surface area contributed by atoms with Crippen LogP contribution >= 0.6 is 0 Å². The first kappa shape index (κ1) is 11.9. The molecule has 1 aliphatic heterocycles. The highest BCUT2D eigenvalue weighted by Gasteiger charge is 2.18. The van der Waals surface area contributed by atoms with Crippen LogP contribution in [-0.2, 0) is 0 Å². The summed E-state index contributed by atoms with van der Waals surface area (Å²) < 4.78 is 0. The van der Waals surface area contributed by atoms with Crippen molar-refractivity contribution in [2.45, 2.75) is 38.8 Å². The summed E-state index contributed by atoms with van der Waals surface area (Å²) in [6.07, 6.45) is 2.22. The fourth-order valence-corrected chi connectivity index (χ4v) is 2.36. The van der Waals surface area contributed by atoms with Crippen molar-refractivity contribution in [2.75, 3.05) is 11.9 Å². The minimum atomic E-state index is 0.472. The molecule has 0 saturated carbocycles. The van der Waals surface area contributed by atoms with Gasteiger partial charge in [-0.3, -0.25) is 0 Å². The van der Waals surface area contributed by atoms with Crippen molar-refractivity contribution in [3.8, 4) is 6.07 Å². The van der Waals surface area contributed by atoms with E-state index in [0.29, 0.717) is 12.1 Å². The number of hydrogen-bond donors (Lipinski definition) is 2. The largest absolute Gasteiger partial charge is 0.381 e. The summed E-state index contributed by atoms with van der Waals surface area (Å²) in [7, 11) is 0. The molecule has 0 aromatic heterocycles. The third-order valence-corrected chi connectivity index (χ3v) is 3.28. The number of rotatable bonds is 2. The second-order valence-corrected chi connectivity index (χ2v) is 4.88. The van der Waals surface area contributed by atoms with Gasteiger partial charge in [0.25, 0.3) is 0 Å². The number of hydrogen-bond acceptors (Lipinski definition) is 3. The lowest BCUT2D eigenvalue weighted by molar-refractivity contribution is 0.396. The molecule has 0 radical (unpaired) electrons. The third-order valence-electron chi connectivity index (χ3n) is 3.28. The van der Waals surface area contributed by atoms with Crippen LogP contribution in [0.3, 0.4) is 0 Å². The molecule has 1 fully saturated rings. The minimum Gasteiger partial charge on any atom is -0.381 e. The molecule has 3 heteroatoms. The Balaban J connectivity index is 2.12. The highest BCUT2D eigenvalue weighted by atomic mass is 15.0. The third kappa shape index (κ3) is 2.98. The van der Waals surface area contributed by atoms with Crippen molar-refractivity contribution >= 4 is 5.69 Å². The Kier molecular flexibility index (Phi) is 3.65. The SMILES string of the molecule is Cc1ccc(C#N)c(NC2CCNC(C)C2)c1. The van der Waals surface area contributed by atoms with Crippen LogP contribution in [0.5, 0.6) is 0 Å². The number of anilines is 1. The van der Waals surface area contributed by atoms with E-state index in [1.54, 1.807) is 0 Å². The van der Waals surface area contributed by atoms with E-state index < -0.39 is 0 Å². The molecule has 17 heavy (non-hydrogen) atoms. The summed E-state index contributed by atoms with van der Waals surface area (Å²) >= 11 is 0. The average molecular weight is 229 g/mol. The van der Waals surface area contributed by atoms with Crippen LogP contribution in [-0.4, -0.2) is 18.6 Å². The maximum Gasteiger partial charge on any atom is 0.101 e. The Morgan fingerprint density at radius 1 is 1.47 bits per heavy atom. The fraction of sp³-hybridized carbons (Fsp3) is 0.500. The zero-order chi connectivity index (χ0) is 12.3. The summed E-state index contributed by atoms with van der Waals surface area (Å²) in [6, 6.07) is 9.20. The standard InChI is InChI=1S/C14H19N3/c1-10-3-4-12(9-15)14(7-10)17-13-5-6-16-11(2)8-13/h3-4,7,11,13,16-17H,5-6,8H2,1-2H3. The molecule has 3 nitrogen and oxygen atoms in total. The summed E-state index contributed by atoms with van der Waals surface area (Å²) in [5, 5.41) is 16.0. The molecule has 2 atom stereocenters. The maximum absolute atomic E-state index is 9.09. The molecule has 1 aromatic carbocycles. The Hall–Kier alpha value is -1.53. The second-order valence-electron chi connectivity index (χ2n) is 4.88. The van der Waals surface area contributed by atoms with Gasteiger partial charge in [0.15, 0.2) is 0 Å². The summed E-state index contributed by atoms with van der Waals surface area (Å²) in [6.45, 7) is 5.30. The van der Waals surface area contributed by atoms with Crippen molar-refractivity contribution in [1.82, 2.24) is 5.32 Å². The van der Waals surface area contributed by atoms with Gasteiger partial charge in [0, 0.05) is 12.1 Å². The molecular weight excluding hydrogens is 210 g/mol. The number of benzene rings is 1. The zero-order valence-corrected chi connectivity index (χ0v) is 10.5. The average Bonchev–Trinajstić information content (AvgIpc) is 2.29. The first-order valence-electron chi connectivity index (χ1n) is 6.19. The smallest absolute Gasteiger partial charge is 0.101 e. The van der Waals surface area contributed by atoms with E-state index in [2.05, 4.69) is 36.6 Å². The van der Waals surface area contributed by atoms with E-state index in [9.17, 15) is 0 Å². The Bertz CT molecular complexity index is 434. The lowest BCUT2D eigenvalue weighted by Crippen LogP contribution is -2.41. The molecular formula is C14H19N3. The lowest BCUT2D eigenvalue weighted by atomic mass is 9.99. The molecule has 2 N–H and O–H groups in total. The quantitative estimate of drug-likeness (QED) is 0.818. The topological polar surface area (TPSA) is 47.9 Å². The highest BCUT2D eigenvalue weighted by molar-refractivity contribution is 5.59. The van der Waals surface area contributed by atoms with Crippen LogP contribution in [0.2, 0.25) is 0 Å². The first-order chi connectivity index (χ1) is 8.19. The van der Waals surface area contributed by atoms with Gasteiger partial charge >= 0.3 is 0 Å². The lowest BCUT2D eigenvalue weighted by Gasteiger charge is -2.29. The Morgan fingerprint density at radius 2 is 2.29 bits per heavy atom. The first-order valence-corrected chi connectivity index (χ1v) is 6.19. The number of piperidine rings is 1. The van der Waals surface area contributed by atoms with Crippen LogP contribution in [0.15, 0.2) is 18.2 Å². The van der Waals surface area contributed by atoms with E-state index in [1.165, 1.54) is 5.56 Å². The number of nitriles is 1. The van der Waals surface area contributed by atoms with Crippen molar-refractivity contribution in [3.63, 3.8) is 0 Å². The summed E-state index contributed by atoms with van der Waals surface area (Å²) in [4.78, 5) is 0. The van der Waals surface area contributed by atoms with Crippen LogP contribution < -0.4 is 10.6 Å². The van der Waals surface area contributed by atoms with Gasteiger partial charge in [0.05, 0.1) is 11.3 Å². The van der Waals surface area contributed by atoms with Gasteiger partial charge in [-0.2, -0.15) is 5.26 Å². The van der Waals surface area contributed by atoms with E-state index >= 15 is 0 Å². The monoisotopic (exact) mass is 229 g/mol. The minimum absolute atomic E-state index is 0.472. The van der Waals surface area contributed by atoms with Crippen molar-refractivity contribution < 1.29 is 0 Å². The van der Waals surface area contributed by atoms with Gasteiger partial charge in [-0.15, -0.1) is 0 Å². The molecule has 1 saturated heterocycles. The second kappa shape index (κ2) is 5.20. The molecule has 1 aromatic rings. The summed E-state index contributed by atoms with van der Waals surface area (Å²) in [5.41, 5.74) is 2.90. The predicted molar refractivity (Wildman–Crippen MR) is 70.0 cm³/mol. The van der Waals surface area contributed by atoms with E-state index in [1.807, 2.05) is 12.1 Å².